The molecule has 1 heterocycles. The van der Waals surface area contributed by atoms with E-state index in [9.17, 15) is 0 Å². The molecule has 0 saturated heterocycles. The Hall–Kier alpha value is -1.36. The zero-order valence-corrected chi connectivity index (χ0v) is 10.3. The van der Waals surface area contributed by atoms with Crippen LogP contribution in [0.5, 0.6) is 5.88 Å². The van der Waals surface area contributed by atoms with E-state index in [1.807, 2.05) is 0 Å². The maximum atomic E-state index is 6.13. The van der Waals surface area contributed by atoms with E-state index in [-0.39, 0.29) is 5.54 Å². The number of hydrogen-bond acceptors (Lipinski definition) is 5. The number of ether oxygens (including phenoxy) is 1. The predicted octanol–water partition coefficient (Wildman–Crippen LogP) is 1.56. The molecule has 0 unspecified atom stereocenters. The average molecular weight is 236 g/mol. The van der Waals surface area contributed by atoms with Gasteiger partial charge in [0, 0.05) is 12.1 Å². The Bertz CT molecular complexity index is 365. The van der Waals surface area contributed by atoms with E-state index in [0.29, 0.717) is 12.5 Å². The summed E-state index contributed by atoms with van der Waals surface area (Å²) in [6.07, 6.45) is 7.68. The maximum absolute atomic E-state index is 6.13. The van der Waals surface area contributed by atoms with Crippen LogP contribution in [0.4, 0.5) is 5.82 Å². The van der Waals surface area contributed by atoms with Crippen molar-refractivity contribution in [2.75, 3.05) is 18.5 Å². The molecule has 3 N–H and O–H groups in total. The summed E-state index contributed by atoms with van der Waals surface area (Å²) in [5, 5.41) is 3.23. The summed E-state index contributed by atoms with van der Waals surface area (Å²) in [6, 6.07) is 0. The molecule has 94 valence electrons. The van der Waals surface area contributed by atoms with Gasteiger partial charge >= 0.3 is 0 Å². The van der Waals surface area contributed by atoms with Gasteiger partial charge in [-0.15, -0.1) is 0 Å². The Balaban J connectivity index is 1.87. The summed E-state index contributed by atoms with van der Waals surface area (Å²) in [7, 11) is 0. The van der Waals surface area contributed by atoms with E-state index >= 15 is 0 Å². The van der Waals surface area contributed by atoms with Crippen LogP contribution < -0.4 is 15.8 Å². The van der Waals surface area contributed by atoms with Crippen molar-refractivity contribution >= 4 is 5.82 Å². The molecule has 5 heteroatoms. The zero-order chi connectivity index (χ0) is 12.1. The molecule has 5 nitrogen and oxygen atoms in total. The van der Waals surface area contributed by atoms with Crippen molar-refractivity contribution in [1.82, 2.24) is 9.97 Å². The van der Waals surface area contributed by atoms with Gasteiger partial charge in [0.25, 0.3) is 0 Å². The lowest BCUT2D eigenvalue weighted by atomic mass is 9.78. The molecule has 1 aromatic heterocycles. The van der Waals surface area contributed by atoms with Gasteiger partial charge in [0.1, 0.15) is 5.82 Å². The third kappa shape index (κ3) is 3.30. The lowest BCUT2D eigenvalue weighted by Gasteiger charge is -2.38. The Morgan fingerprint density at radius 1 is 1.47 bits per heavy atom. The molecule has 0 radical (unpaired) electrons. The number of nitrogens with zero attached hydrogens (tertiary/aromatic N) is 2. The van der Waals surface area contributed by atoms with Gasteiger partial charge < -0.3 is 15.8 Å². The summed E-state index contributed by atoms with van der Waals surface area (Å²) in [5.74, 6) is 1.30. The fraction of sp³-hybridized carbons (Fsp3) is 0.667. The fourth-order valence-electron chi connectivity index (χ4n) is 1.78. The molecule has 0 spiro atoms. The van der Waals surface area contributed by atoms with Crippen LogP contribution in [0.1, 0.15) is 32.6 Å². The first kappa shape index (κ1) is 12.1. The zero-order valence-electron chi connectivity index (χ0n) is 10.3. The number of anilines is 1. The number of nitrogens with one attached hydrogen (secondary N) is 1. The summed E-state index contributed by atoms with van der Waals surface area (Å²) in [4.78, 5) is 8.41. The minimum Gasteiger partial charge on any atom is -0.477 e. The smallest absolute Gasteiger partial charge is 0.234 e. The summed E-state index contributed by atoms with van der Waals surface area (Å²) in [5.41, 5.74) is 6.07. The molecule has 0 aliphatic heterocycles. The Labute approximate surface area is 102 Å². The number of hydrogen-bond donors (Lipinski definition) is 2. The lowest BCUT2D eigenvalue weighted by Crippen LogP contribution is -2.52. The number of nitrogens with two attached hydrogens (primary N) is 1. The molecule has 0 atom stereocenters. The highest BCUT2D eigenvalue weighted by molar-refractivity contribution is 5.34. The summed E-state index contributed by atoms with van der Waals surface area (Å²) >= 11 is 0. The van der Waals surface area contributed by atoms with Crippen molar-refractivity contribution in [1.29, 1.82) is 0 Å². The van der Waals surface area contributed by atoms with Gasteiger partial charge in [0.2, 0.25) is 5.88 Å². The molecular formula is C12H20N4O. The lowest BCUT2D eigenvalue weighted by molar-refractivity contribution is 0.265. The molecule has 1 fully saturated rings. The van der Waals surface area contributed by atoms with Crippen LogP contribution in [-0.2, 0) is 0 Å². The highest BCUT2D eigenvalue weighted by atomic mass is 16.5. The van der Waals surface area contributed by atoms with Crippen molar-refractivity contribution in [3.63, 3.8) is 0 Å². The molecule has 2 rings (SSSR count). The van der Waals surface area contributed by atoms with Crippen LogP contribution in [0.15, 0.2) is 12.4 Å². The predicted molar refractivity (Wildman–Crippen MR) is 67.1 cm³/mol. The second-order valence-corrected chi connectivity index (χ2v) is 4.66. The van der Waals surface area contributed by atoms with Gasteiger partial charge in [-0.05, 0) is 25.7 Å². The van der Waals surface area contributed by atoms with Gasteiger partial charge in [0.05, 0.1) is 19.0 Å². The molecule has 1 aromatic rings. The normalized spacial score (nSPS) is 17.3. The molecule has 0 bridgehead atoms. The van der Waals surface area contributed by atoms with Crippen LogP contribution in [0.3, 0.4) is 0 Å². The largest absolute Gasteiger partial charge is 0.477 e. The summed E-state index contributed by atoms with van der Waals surface area (Å²) in [6.45, 7) is 3.47. The Kier molecular flexibility index (Phi) is 3.78. The van der Waals surface area contributed by atoms with Gasteiger partial charge in [-0.25, -0.2) is 0 Å². The van der Waals surface area contributed by atoms with Crippen LogP contribution in [-0.4, -0.2) is 28.7 Å². The van der Waals surface area contributed by atoms with Crippen molar-refractivity contribution in [3.05, 3.63) is 12.4 Å². The van der Waals surface area contributed by atoms with E-state index < -0.39 is 0 Å². The van der Waals surface area contributed by atoms with Crippen LogP contribution >= 0.6 is 0 Å². The van der Waals surface area contributed by atoms with Crippen molar-refractivity contribution in [3.8, 4) is 5.88 Å². The SMILES string of the molecule is CCCOc1cncc(NCC2(N)CCC2)n1. The van der Waals surface area contributed by atoms with Crippen LogP contribution in [0.2, 0.25) is 0 Å². The first-order valence-corrected chi connectivity index (χ1v) is 6.19. The van der Waals surface area contributed by atoms with E-state index in [2.05, 4.69) is 22.2 Å². The highest BCUT2D eigenvalue weighted by Gasteiger charge is 2.32. The fourth-order valence-corrected chi connectivity index (χ4v) is 1.78. The van der Waals surface area contributed by atoms with Crippen molar-refractivity contribution < 1.29 is 4.74 Å². The third-order valence-electron chi connectivity index (χ3n) is 3.04. The Morgan fingerprint density at radius 3 is 2.94 bits per heavy atom. The number of rotatable bonds is 6. The second kappa shape index (κ2) is 5.31. The molecule has 1 aliphatic rings. The van der Waals surface area contributed by atoms with Gasteiger partial charge in [-0.1, -0.05) is 6.92 Å². The third-order valence-corrected chi connectivity index (χ3v) is 3.04. The molecule has 1 saturated carbocycles. The standard InChI is InChI=1S/C12H20N4O/c1-2-6-17-11-8-14-7-10(16-11)15-9-12(13)4-3-5-12/h7-8H,2-6,9,13H2,1H3,(H,15,16). The second-order valence-electron chi connectivity index (χ2n) is 4.66. The summed E-state index contributed by atoms with van der Waals surface area (Å²) < 4.78 is 5.42. The van der Waals surface area contributed by atoms with Gasteiger partial charge in [0.15, 0.2) is 0 Å². The molecule has 1 aliphatic carbocycles. The van der Waals surface area contributed by atoms with Crippen LogP contribution in [0, 0.1) is 0 Å². The van der Waals surface area contributed by atoms with Gasteiger partial charge in [-0.2, -0.15) is 4.98 Å². The first-order chi connectivity index (χ1) is 8.22. The Morgan fingerprint density at radius 2 is 2.29 bits per heavy atom. The van der Waals surface area contributed by atoms with Crippen molar-refractivity contribution in [2.45, 2.75) is 38.1 Å². The quantitative estimate of drug-likeness (QED) is 0.784. The molecule has 0 aromatic carbocycles. The van der Waals surface area contributed by atoms with Gasteiger partial charge in [-0.3, -0.25) is 4.98 Å². The minimum atomic E-state index is -0.0536. The van der Waals surface area contributed by atoms with E-state index in [0.717, 1.165) is 31.6 Å². The van der Waals surface area contributed by atoms with E-state index in [1.165, 1.54) is 6.42 Å². The number of aromatic nitrogens is 2. The van der Waals surface area contributed by atoms with Crippen LogP contribution in [0.25, 0.3) is 0 Å². The first-order valence-electron chi connectivity index (χ1n) is 6.19. The average Bonchev–Trinajstić information content (AvgIpc) is 2.32. The molecular weight excluding hydrogens is 216 g/mol. The maximum Gasteiger partial charge on any atom is 0.234 e. The van der Waals surface area contributed by atoms with Crippen molar-refractivity contribution in [2.24, 2.45) is 5.73 Å². The molecule has 17 heavy (non-hydrogen) atoms. The topological polar surface area (TPSA) is 73.1 Å². The molecule has 0 amide bonds. The minimum absolute atomic E-state index is 0.0536. The van der Waals surface area contributed by atoms with E-state index in [4.69, 9.17) is 10.5 Å². The van der Waals surface area contributed by atoms with E-state index in [1.54, 1.807) is 12.4 Å². The highest BCUT2D eigenvalue weighted by Crippen LogP contribution is 2.29. The monoisotopic (exact) mass is 236 g/mol.